The van der Waals surface area contributed by atoms with Crippen LogP contribution in [0.3, 0.4) is 0 Å². The zero-order valence-electron chi connectivity index (χ0n) is 21.7. The van der Waals surface area contributed by atoms with Crippen LogP contribution in [-0.2, 0) is 16.0 Å². The van der Waals surface area contributed by atoms with Crippen molar-refractivity contribution in [2.75, 3.05) is 47.1 Å². The first kappa shape index (κ1) is 27.6. The molecule has 0 aliphatic carbocycles. The highest BCUT2D eigenvalue weighted by Gasteiger charge is 2.20. The third kappa shape index (κ3) is 6.33. The summed E-state index contributed by atoms with van der Waals surface area (Å²) in [7, 11) is 3.01. The van der Waals surface area contributed by atoms with Gasteiger partial charge in [-0.05, 0) is 36.8 Å². The molecule has 38 heavy (non-hydrogen) atoms. The number of hydrogen-bond acceptors (Lipinski definition) is 8. The number of aromatic nitrogens is 2. The van der Waals surface area contributed by atoms with E-state index in [1.165, 1.54) is 18.9 Å². The van der Waals surface area contributed by atoms with Gasteiger partial charge >= 0.3 is 0 Å². The molecule has 1 aromatic heterocycles. The Kier molecular flexibility index (Phi) is 9.35. The first-order valence-corrected chi connectivity index (χ1v) is 13.2. The summed E-state index contributed by atoms with van der Waals surface area (Å²) in [5.74, 6) is 1.51. The van der Waals surface area contributed by atoms with Crippen molar-refractivity contribution >= 4 is 39.0 Å². The summed E-state index contributed by atoms with van der Waals surface area (Å²) in [4.78, 5) is 32.3. The second-order valence-electron chi connectivity index (χ2n) is 8.69. The molecule has 4 rings (SSSR count). The first-order chi connectivity index (χ1) is 18.4. The molecule has 2 aromatic carbocycles. The molecule has 11 heteroatoms. The summed E-state index contributed by atoms with van der Waals surface area (Å²) >= 11 is 3.43. The van der Waals surface area contributed by atoms with Crippen LogP contribution in [0.2, 0.25) is 0 Å². The van der Waals surface area contributed by atoms with Gasteiger partial charge in [-0.2, -0.15) is 9.78 Å². The fraction of sp³-hybridized carbons (Fsp3) is 0.407. The quantitative estimate of drug-likeness (QED) is 0.334. The Morgan fingerprint density at radius 2 is 1.87 bits per heavy atom. The van der Waals surface area contributed by atoms with Crippen molar-refractivity contribution in [1.29, 1.82) is 0 Å². The van der Waals surface area contributed by atoms with Crippen LogP contribution in [0.25, 0.3) is 10.9 Å². The lowest BCUT2D eigenvalue weighted by Gasteiger charge is -2.27. The van der Waals surface area contributed by atoms with Gasteiger partial charge in [0.25, 0.3) is 11.5 Å². The van der Waals surface area contributed by atoms with Crippen molar-refractivity contribution in [2.45, 2.75) is 26.2 Å². The van der Waals surface area contributed by atoms with E-state index in [4.69, 9.17) is 23.9 Å². The van der Waals surface area contributed by atoms with Crippen molar-refractivity contribution in [3.63, 3.8) is 0 Å². The fourth-order valence-corrected chi connectivity index (χ4v) is 4.45. The summed E-state index contributed by atoms with van der Waals surface area (Å²) in [5, 5.41) is 4.97. The van der Waals surface area contributed by atoms with E-state index in [1.54, 1.807) is 29.3 Å². The molecular weight excluding hydrogens is 556 g/mol. The highest BCUT2D eigenvalue weighted by molar-refractivity contribution is 9.10. The molecule has 10 nitrogen and oxygen atoms in total. The minimum Gasteiger partial charge on any atom is -0.493 e. The minimum atomic E-state index is -0.251. The number of nitrogens with zero attached hydrogens (tertiary/aromatic N) is 4. The number of carbonyl (C=O) groups is 1. The standard InChI is InChI=1S/C27H31BrN4O6/c1-4-5-6-24-30-21-8-7-19(28)15-20(21)27(34)32(24)29-16-18-13-22(35-2)26(23(14-18)36-3)38-17-25(33)31-9-11-37-12-10-31/h7-8,13-16H,4-6,9-12,17H2,1-3H3. The number of unbranched alkanes of at least 4 members (excludes halogenated alkanes) is 1. The van der Waals surface area contributed by atoms with Crippen LogP contribution in [0.5, 0.6) is 17.2 Å². The third-order valence-electron chi connectivity index (χ3n) is 6.14. The lowest BCUT2D eigenvalue weighted by atomic mass is 10.2. The average Bonchev–Trinajstić information content (AvgIpc) is 2.94. The van der Waals surface area contributed by atoms with Crippen molar-refractivity contribution in [2.24, 2.45) is 5.10 Å². The Balaban J connectivity index is 1.64. The van der Waals surface area contributed by atoms with Gasteiger partial charge < -0.3 is 23.8 Å². The zero-order chi connectivity index (χ0) is 27.1. The van der Waals surface area contributed by atoms with Gasteiger partial charge in [0.1, 0.15) is 5.82 Å². The smallest absolute Gasteiger partial charge is 0.282 e. The maximum atomic E-state index is 13.3. The van der Waals surface area contributed by atoms with E-state index in [0.29, 0.717) is 72.3 Å². The van der Waals surface area contributed by atoms with Gasteiger partial charge in [-0.1, -0.05) is 29.3 Å². The number of morpholine rings is 1. The molecule has 2 heterocycles. The molecule has 0 spiro atoms. The Bertz CT molecular complexity index is 1360. The molecule has 0 radical (unpaired) electrons. The summed E-state index contributed by atoms with van der Waals surface area (Å²) in [6.07, 6.45) is 4.00. The topological polar surface area (TPSA) is 104 Å². The van der Waals surface area contributed by atoms with Crippen LogP contribution in [0, 0.1) is 0 Å². The maximum absolute atomic E-state index is 13.3. The molecule has 0 N–H and O–H groups in total. The highest BCUT2D eigenvalue weighted by Crippen LogP contribution is 2.38. The van der Waals surface area contributed by atoms with Gasteiger partial charge in [-0.15, -0.1) is 0 Å². The summed E-state index contributed by atoms with van der Waals surface area (Å²) in [5.41, 5.74) is 1.000. The van der Waals surface area contributed by atoms with Gasteiger partial charge in [0.15, 0.2) is 18.1 Å². The molecule has 1 aliphatic heterocycles. The number of hydrogen-bond donors (Lipinski definition) is 0. The van der Waals surface area contributed by atoms with Crippen molar-refractivity contribution in [3.8, 4) is 17.2 Å². The number of halogens is 1. The van der Waals surface area contributed by atoms with Crippen molar-refractivity contribution < 1.29 is 23.7 Å². The predicted octanol–water partition coefficient (Wildman–Crippen LogP) is 3.64. The molecule has 1 fully saturated rings. The van der Waals surface area contributed by atoms with E-state index >= 15 is 0 Å². The second-order valence-corrected chi connectivity index (χ2v) is 9.61. The molecule has 0 bridgehead atoms. The Labute approximate surface area is 229 Å². The monoisotopic (exact) mass is 586 g/mol. The van der Waals surface area contributed by atoms with Gasteiger partial charge in [0, 0.05) is 29.5 Å². The van der Waals surface area contributed by atoms with Gasteiger partial charge in [0.2, 0.25) is 5.75 Å². The van der Waals surface area contributed by atoms with E-state index in [1.807, 2.05) is 12.1 Å². The number of rotatable bonds is 10. The number of benzene rings is 2. The molecule has 0 saturated carbocycles. The normalized spacial score (nSPS) is 13.7. The van der Waals surface area contributed by atoms with Gasteiger partial charge in [-0.3, -0.25) is 9.59 Å². The summed E-state index contributed by atoms with van der Waals surface area (Å²) in [6.45, 7) is 4.02. The van der Waals surface area contributed by atoms with E-state index in [-0.39, 0.29) is 18.1 Å². The molecule has 0 atom stereocenters. The van der Waals surface area contributed by atoms with Crippen LogP contribution in [0.15, 0.2) is 44.7 Å². The molecule has 1 amide bonds. The third-order valence-corrected chi connectivity index (χ3v) is 6.63. The molecule has 3 aromatic rings. The van der Waals surface area contributed by atoms with Crippen molar-refractivity contribution in [3.05, 3.63) is 56.5 Å². The number of fused-ring (bicyclic) bond motifs is 1. The molecule has 0 unspecified atom stereocenters. The molecule has 202 valence electrons. The lowest BCUT2D eigenvalue weighted by molar-refractivity contribution is -0.137. The maximum Gasteiger partial charge on any atom is 0.282 e. The number of aryl methyl sites for hydroxylation is 1. The van der Waals surface area contributed by atoms with Crippen LogP contribution in [0.1, 0.15) is 31.2 Å². The Hall–Kier alpha value is -3.44. The molecular formula is C27H31BrN4O6. The van der Waals surface area contributed by atoms with Crippen LogP contribution < -0.4 is 19.8 Å². The Morgan fingerprint density at radius 1 is 1.16 bits per heavy atom. The van der Waals surface area contributed by atoms with Crippen LogP contribution in [-0.4, -0.2) is 73.8 Å². The summed E-state index contributed by atoms with van der Waals surface area (Å²) < 4.78 is 24.3. The van der Waals surface area contributed by atoms with Crippen LogP contribution >= 0.6 is 15.9 Å². The average molecular weight is 587 g/mol. The fourth-order valence-electron chi connectivity index (χ4n) is 4.09. The number of amides is 1. The number of carbonyl (C=O) groups excluding carboxylic acids is 1. The van der Waals surface area contributed by atoms with E-state index in [0.717, 1.165) is 17.3 Å². The van der Waals surface area contributed by atoms with Crippen molar-refractivity contribution in [1.82, 2.24) is 14.6 Å². The summed E-state index contributed by atoms with van der Waals surface area (Å²) in [6, 6.07) is 8.85. The predicted molar refractivity (Wildman–Crippen MR) is 148 cm³/mol. The second kappa shape index (κ2) is 12.9. The Morgan fingerprint density at radius 3 is 2.53 bits per heavy atom. The number of ether oxygens (including phenoxy) is 4. The lowest BCUT2D eigenvalue weighted by Crippen LogP contribution is -2.43. The van der Waals surface area contributed by atoms with Crippen LogP contribution in [0.4, 0.5) is 0 Å². The largest absolute Gasteiger partial charge is 0.493 e. The van der Waals surface area contributed by atoms with Gasteiger partial charge in [-0.25, -0.2) is 4.98 Å². The molecule has 1 aliphatic rings. The molecule has 1 saturated heterocycles. The van der Waals surface area contributed by atoms with E-state index < -0.39 is 0 Å². The zero-order valence-corrected chi connectivity index (χ0v) is 23.3. The SMILES string of the molecule is CCCCc1nc2ccc(Br)cc2c(=O)n1N=Cc1cc(OC)c(OCC(=O)N2CCOCC2)c(OC)c1. The first-order valence-electron chi connectivity index (χ1n) is 12.4. The van der Waals surface area contributed by atoms with Gasteiger partial charge in [0.05, 0.1) is 44.6 Å². The minimum absolute atomic E-state index is 0.141. The van der Waals surface area contributed by atoms with E-state index in [9.17, 15) is 9.59 Å². The van der Waals surface area contributed by atoms with E-state index in [2.05, 4.69) is 28.0 Å². The highest BCUT2D eigenvalue weighted by atomic mass is 79.9. The number of methoxy groups -OCH3 is 2.